The zero-order valence-electron chi connectivity index (χ0n) is 7.95. The van der Waals surface area contributed by atoms with Crippen molar-refractivity contribution < 1.29 is 9.90 Å². The number of nitrogens with zero attached hydrogens (tertiary/aromatic N) is 4. The summed E-state index contributed by atoms with van der Waals surface area (Å²) in [5.74, 6) is -1.04. The molecule has 2 aromatic heterocycles. The molecule has 15 heavy (non-hydrogen) atoms. The van der Waals surface area contributed by atoms with Gasteiger partial charge >= 0.3 is 5.97 Å². The quantitative estimate of drug-likeness (QED) is 0.777. The summed E-state index contributed by atoms with van der Waals surface area (Å²) in [7, 11) is 0. The predicted molar refractivity (Wildman–Crippen MR) is 50.9 cm³/mol. The topological polar surface area (TPSA) is 80.9 Å². The number of hydrogen-bond acceptors (Lipinski definition) is 4. The van der Waals surface area contributed by atoms with Crippen LogP contribution in [0, 0.1) is 6.92 Å². The maximum Gasteiger partial charge on any atom is 0.356 e. The Balaban J connectivity index is 2.48. The Morgan fingerprint density at radius 2 is 2.07 bits per heavy atom. The first-order valence-corrected chi connectivity index (χ1v) is 4.23. The lowest BCUT2D eigenvalue weighted by atomic mass is 10.3. The van der Waals surface area contributed by atoms with E-state index in [0.29, 0.717) is 11.3 Å². The zero-order chi connectivity index (χ0) is 10.8. The summed E-state index contributed by atoms with van der Waals surface area (Å²) in [6.07, 6.45) is 6.15. The van der Waals surface area contributed by atoms with E-state index >= 15 is 0 Å². The van der Waals surface area contributed by atoms with E-state index in [-0.39, 0.29) is 5.69 Å². The Bertz CT molecular complexity index is 492. The van der Waals surface area contributed by atoms with E-state index in [0.717, 1.165) is 0 Å². The number of carboxylic acids is 1. The lowest BCUT2D eigenvalue weighted by molar-refractivity contribution is 0.0689. The van der Waals surface area contributed by atoms with Gasteiger partial charge in [-0.05, 0) is 6.92 Å². The standard InChI is InChI=1S/C9H8N4O2/c1-6-4-13(12-8(6)9(14)15)7-2-10-5-11-3-7/h2-5H,1H3,(H,14,15). The molecule has 0 fully saturated rings. The van der Waals surface area contributed by atoms with Crippen molar-refractivity contribution in [3.05, 3.63) is 36.2 Å². The monoisotopic (exact) mass is 204 g/mol. The minimum absolute atomic E-state index is 0.0406. The fourth-order valence-corrected chi connectivity index (χ4v) is 1.21. The van der Waals surface area contributed by atoms with Gasteiger partial charge in [-0.3, -0.25) is 0 Å². The molecular formula is C9H8N4O2. The molecular weight excluding hydrogens is 196 g/mol. The molecule has 6 nitrogen and oxygen atoms in total. The van der Waals surface area contributed by atoms with Gasteiger partial charge in [0, 0.05) is 11.8 Å². The fourth-order valence-electron chi connectivity index (χ4n) is 1.21. The Hall–Kier alpha value is -2.24. The van der Waals surface area contributed by atoms with Crippen LogP contribution >= 0.6 is 0 Å². The number of carbonyl (C=O) groups is 1. The molecule has 0 radical (unpaired) electrons. The number of aromatic nitrogens is 4. The minimum Gasteiger partial charge on any atom is -0.476 e. The average molecular weight is 204 g/mol. The molecule has 2 aromatic rings. The van der Waals surface area contributed by atoms with Crippen LogP contribution in [0.5, 0.6) is 0 Å². The minimum atomic E-state index is -1.04. The summed E-state index contributed by atoms with van der Waals surface area (Å²) >= 11 is 0. The molecule has 0 bridgehead atoms. The molecule has 1 N–H and O–H groups in total. The van der Waals surface area contributed by atoms with Crippen LogP contribution in [0.4, 0.5) is 0 Å². The second kappa shape index (κ2) is 3.49. The number of aryl methyl sites for hydroxylation is 1. The predicted octanol–water partition coefficient (Wildman–Crippen LogP) is 0.669. The summed E-state index contributed by atoms with van der Waals surface area (Å²) in [6, 6.07) is 0. The van der Waals surface area contributed by atoms with Gasteiger partial charge in [0.1, 0.15) is 12.0 Å². The van der Waals surface area contributed by atoms with Crippen LogP contribution in [-0.4, -0.2) is 30.8 Å². The molecule has 0 spiro atoms. The van der Waals surface area contributed by atoms with Crippen LogP contribution in [0.15, 0.2) is 24.9 Å². The van der Waals surface area contributed by atoms with E-state index in [1.807, 2.05) is 0 Å². The highest BCUT2D eigenvalue weighted by atomic mass is 16.4. The van der Waals surface area contributed by atoms with Crippen molar-refractivity contribution >= 4 is 5.97 Å². The van der Waals surface area contributed by atoms with Crippen molar-refractivity contribution in [1.82, 2.24) is 19.7 Å². The van der Waals surface area contributed by atoms with Crippen molar-refractivity contribution in [3.8, 4) is 5.69 Å². The van der Waals surface area contributed by atoms with Crippen molar-refractivity contribution in [3.63, 3.8) is 0 Å². The highest BCUT2D eigenvalue weighted by molar-refractivity contribution is 5.86. The Morgan fingerprint density at radius 1 is 1.40 bits per heavy atom. The van der Waals surface area contributed by atoms with Gasteiger partial charge < -0.3 is 5.11 Å². The van der Waals surface area contributed by atoms with Crippen LogP contribution in [0.1, 0.15) is 16.1 Å². The summed E-state index contributed by atoms with van der Waals surface area (Å²) in [5, 5.41) is 12.7. The van der Waals surface area contributed by atoms with E-state index in [2.05, 4.69) is 15.1 Å². The van der Waals surface area contributed by atoms with Crippen LogP contribution in [0.2, 0.25) is 0 Å². The summed E-state index contributed by atoms with van der Waals surface area (Å²) < 4.78 is 1.44. The molecule has 0 atom stereocenters. The smallest absolute Gasteiger partial charge is 0.356 e. The first kappa shape index (κ1) is 9.32. The molecule has 0 aliphatic heterocycles. The summed E-state index contributed by atoms with van der Waals surface area (Å²) in [5.41, 5.74) is 1.28. The molecule has 76 valence electrons. The molecule has 6 heteroatoms. The molecule has 0 saturated heterocycles. The van der Waals surface area contributed by atoms with Crippen molar-refractivity contribution in [2.45, 2.75) is 6.92 Å². The zero-order valence-corrected chi connectivity index (χ0v) is 7.95. The third-order valence-electron chi connectivity index (χ3n) is 1.91. The highest BCUT2D eigenvalue weighted by Gasteiger charge is 2.12. The summed E-state index contributed by atoms with van der Waals surface area (Å²) in [4.78, 5) is 18.4. The second-order valence-corrected chi connectivity index (χ2v) is 3.01. The number of carboxylic acid groups (broad SMARTS) is 1. The van der Waals surface area contributed by atoms with Crippen molar-refractivity contribution in [2.24, 2.45) is 0 Å². The van der Waals surface area contributed by atoms with E-state index in [4.69, 9.17) is 5.11 Å². The molecule has 0 aliphatic rings. The molecule has 2 heterocycles. The third-order valence-corrected chi connectivity index (χ3v) is 1.91. The van der Waals surface area contributed by atoms with Gasteiger partial charge in [0.2, 0.25) is 0 Å². The van der Waals surface area contributed by atoms with E-state index in [1.54, 1.807) is 25.5 Å². The van der Waals surface area contributed by atoms with Gasteiger partial charge in [-0.2, -0.15) is 5.10 Å². The highest BCUT2D eigenvalue weighted by Crippen LogP contribution is 2.09. The molecule has 0 aromatic carbocycles. The number of rotatable bonds is 2. The Labute approximate surface area is 85.2 Å². The van der Waals surface area contributed by atoms with Crippen LogP contribution in [0.25, 0.3) is 5.69 Å². The van der Waals surface area contributed by atoms with E-state index in [9.17, 15) is 4.79 Å². The van der Waals surface area contributed by atoms with Crippen molar-refractivity contribution in [1.29, 1.82) is 0 Å². The average Bonchev–Trinajstić information content (AvgIpc) is 2.62. The molecule has 0 unspecified atom stereocenters. The van der Waals surface area contributed by atoms with Crippen LogP contribution in [-0.2, 0) is 0 Å². The van der Waals surface area contributed by atoms with Gasteiger partial charge in [0.15, 0.2) is 5.69 Å². The lowest BCUT2D eigenvalue weighted by Gasteiger charge is -1.97. The van der Waals surface area contributed by atoms with Crippen LogP contribution < -0.4 is 0 Å². The lowest BCUT2D eigenvalue weighted by Crippen LogP contribution is -2.02. The molecule has 0 amide bonds. The second-order valence-electron chi connectivity index (χ2n) is 3.01. The maximum atomic E-state index is 10.8. The Kier molecular flexibility index (Phi) is 2.17. The first-order chi connectivity index (χ1) is 7.18. The van der Waals surface area contributed by atoms with Gasteiger partial charge in [-0.15, -0.1) is 0 Å². The fraction of sp³-hybridized carbons (Fsp3) is 0.111. The van der Waals surface area contributed by atoms with E-state index < -0.39 is 5.97 Å². The number of aromatic carboxylic acids is 1. The first-order valence-electron chi connectivity index (χ1n) is 4.23. The molecule has 0 aliphatic carbocycles. The largest absolute Gasteiger partial charge is 0.476 e. The van der Waals surface area contributed by atoms with Gasteiger partial charge in [-0.1, -0.05) is 0 Å². The third kappa shape index (κ3) is 1.69. The van der Waals surface area contributed by atoms with Gasteiger partial charge in [-0.25, -0.2) is 19.4 Å². The molecule has 0 saturated carbocycles. The van der Waals surface area contributed by atoms with Crippen LogP contribution in [0.3, 0.4) is 0 Å². The summed E-state index contributed by atoms with van der Waals surface area (Å²) in [6.45, 7) is 1.69. The van der Waals surface area contributed by atoms with Crippen molar-refractivity contribution in [2.75, 3.05) is 0 Å². The van der Waals surface area contributed by atoms with E-state index in [1.165, 1.54) is 11.0 Å². The Morgan fingerprint density at radius 3 is 2.60 bits per heavy atom. The maximum absolute atomic E-state index is 10.8. The normalized spacial score (nSPS) is 10.2. The van der Waals surface area contributed by atoms with Gasteiger partial charge in [0.05, 0.1) is 12.4 Å². The number of hydrogen-bond donors (Lipinski definition) is 1. The SMILES string of the molecule is Cc1cn(-c2cncnc2)nc1C(=O)O. The molecule has 2 rings (SSSR count). The van der Waals surface area contributed by atoms with Gasteiger partial charge in [0.25, 0.3) is 0 Å².